The summed E-state index contributed by atoms with van der Waals surface area (Å²) in [6, 6.07) is 12.7. The smallest absolute Gasteiger partial charge is 0.357 e. The van der Waals surface area contributed by atoms with Crippen molar-refractivity contribution in [2.24, 2.45) is 5.92 Å². The van der Waals surface area contributed by atoms with Gasteiger partial charge in [-0.3, -0.25) is 0 Å². The van der Waals surface area contributed by atoms with Crippen molar-refractivity contribution in [3.8, 4) is 22.7 Å². The minimum atomic E-state index is -0.806. The second-order valence-electron chi connectivity index (χ2n) is 7.47. The van der Waals surface area contributed by atoms with E-state index in [-0.39, 0.29) is 22.5 Å². The third-order valence-corrected chi connectivity index (χ3v) is 4.80. The highest BCUT2D eigenvalue weighted by Gasteiger charge is 2.32. The van der Waals surface area contributed by atoms with Crippen LogP contribution in [0.3, 0.4) is 0 Å². The lowest BCUT2D eigenvalue weighted by Crippen LogP contribution is -2.15. The lowest BCUT2D eigenvalue weighted by Gasteiger charge is -2.12. The Labute approximate surface area is 185 Å². The van der Waals surface area contributed by atoms with Crippen LogP contribution < -0.4 is 4.74 Å². The molecule has 0 fully saturated rings. The lowest BCUT2D eigenvalue weighted by atomic mass is 10.0. The summed E-state index contributed by atoms with van der Waals surface area (Å²) in [6.07, 6.45) is 0.784. The summed E-state index contributed by atoms with van der Waals surface area (Å²) in [5.74, 6) is -1.38. The minimum absolute atomic E-state index is 0.0557. The van der Waals surface area contributed by atoms with Gasteiger partial charge in [-0.1, -0.05) is 32.0 Å². The Morgan fingerprint density at radius 2 is 1.72 bits per heavy atom. The summed E-state index contributed by atoms with van der Waals surface area (Å²) >= 11 is 0. The maximum Gasteiger partial charge on any atom is 0.357 e. The predicted molar refractivity (Wildman–Crippen MR) is 117 cm³/mol. The molecule has 7 nitrogen and oxygen atoms in total. The Balaban J connectivity index is 2.27. The Kier molecular flexibility index (Phi) is 7.25. The van der Waals surface area contributed by atoms with E-state index in [4.69, 9.17) is 14.2 Å². The number of hydrogen-bond donors (Lipinski definition) is 0. The molecule has 168 valence electrons. The van der Waals surface area contributed by atoms with E-state index in [1.54, 1.807) is 30.3 Å². The summed E-state index contributed by atoms with van der Waals surface area (Å²) in [6.45, 7) is 4.52. The minimum Gasteiger partial charge on any atom is -0.493 e. The first-order valence-electron chi connectivity index (χ1n) is 10.1. The van der Waals surface area contributed by atoms with Crippen LogP contribution in [0.25, 0.3) is 16.9 Å². The van der Waals surface area contributed by atoms with Crippen LogP contribution in [0.4, 0.5) is 4.39 Å². The van der Waals surface area contributed by atoms with Gasteiger partial charge in [-0.2, -0.15) is 5.10 Å². The van der Waals surface area contributed by atoms with Crippen LogP contribution in [0.15, 0.2) is 48.5 Å². The summed E-state index contributed by atoms with van der Waals surface area (Å²) < 4.78 is 31.3. The highest BCUT2D eigenvalue weighted by molar-refractivity contribution is 6.07. The average molecular weight is 440 g/mol. The van der Waals surface area contributed by atoms with Crippen molar-refractivity contribution in [2.45, 2.75) is 20.3 Å². The van der Waals surface area contributed by atoms with Crippen molar-refractivity contribution in [2.75, 3.05) is 20.8 Å². The van der Waals surface area contributed by atoms with E-state index < -0.39 is 17.8 Å². The monoisotopic (exact) mass is 440 g/mol. The first-order chi connectivity index (χ1) is 15.4. The quantitative estimate of drug-likeness (QED) is 0.474. The number of carbonyl (C=O) groups is 2. The van der Waals surface area contributed by atoms with Gasteiger partial charge in [-0.05, 0) is 42.7 Å². The van der Waals surface area contributed by atoms with E-state index in [0.717, 1.165) is 6.42 Å². The molecule has 0 amide bonds. The molecule has 0 spiro atoms. The second kappa shape index (κ2) is 10.1. The van der Waals surface area contributed by atoms with Gasteiger partial charge in [0.15, 0.2) is 5.69 Å². The standard InChI is InChI=1S/C24H25FN2O5/c1-15(2)12-13-32-19-11-10-16(25)14-18(19)21-20(23(28)30-3)22(24(29)31-4)27(26-21)17-8-6-5-7-9-17/h5-11,14-15H,12-13H2,1-4H3. The second-order valence-corrected chi connectivity index (χ2v) is 7.47. The van der Waals surface area contributed by atoms with E-state index in [2.05, 4.69) is 18.9 Å². The molecule has 0 N–H and O–H groups in total. The number of ether oxygens (including phenoxy) is 3. The van der Waals surface area contributed by atoms with Crippen LogP contribution in [-0.2, 0) is 9.47 Å². The summed E-state index contributed by atoms with van der Waals surface area (Å²) in [4.78, 5) is 25.5. The molecule has 3 aromatic rings. The van der Waals surface area contributed by atoms with E-state index in [9.17, 15) is 14.0 Å². The highest BCUT2D eigenvalue weighted by Crippen LogP contribution is 2.35. The number of esters is 2. The number of benzene rings is 2. The van der Waals surface area contributed by atoms with Gasteiger partial charge in [0.1, 0.15) is 22.8 Å². The van der Waals surface area contributed by atoms with Crippen LogP contribution >= 0.6 is 0 Å². The average Bonchev–Trinajstić information content (AvgIpc) is 3.19. The van der Waals surface area contributed by atoms with Crippen molar-refractivity contribution >= 4 is 11.9 Å². The van der Waals surface area contributed by atoms with Gasteiger partial charge in [0, 0.05) is 5.56 Å². The molecule has 3 rings (SSSR count). The molecule has 2 aromatic carbocycles. The van der Waals surface area contributed by atoms with Crippen molar-refractivity contribution in [1.29, 1.82) is 0 Å². The van der Waals surface area contributed by atoms with E-state index >= 15 is 0 Å². The number of halogens is 1. The normalized spacial score (nSPS) is 10.8. The number of para-hydroxylation sites is 1. The van der Waals surface area contributed by atoms with Gasteiger partial charge in [-0.15, -0.1) is 0 Å². The van der Waals surface area contributed by atoms with Crippen LogP contribution in [0.5, 0.6) is 5.75 Å². The van der Waals surface area contributed by atoms with Gasteiger partial charge in [0.25, 0.3) is 0 Å². The van der Waals surface area contributed by atoms with Crippen LogP contribution in [0.1, 0.15) is 41.1 Å². The highest BCUT2D eigenvalue weighted by atomic mass is 19.1. The summed E-state index contributed by atoms with van der Waals surface area (Å²) in [7, 11) is 2.40. The van der Waals surface area contributed by atoms with Gasteiger partial charge in [0.05, 0.1) is 26.5 Å². The van der Waals surface area contributed by atoms with E-state index in [1.807, 2.05) is 0 Å². The molecule has 32 heavy (non-hydrogen) atoms. The summed E-state index contributed by atoms with van der Waals surface area (Å²) in [5, 5.41) is 4.50. The number of aromatic nitrogens is 2. The molecule has 0 saturated carbocycles. The molecule has 8 heteroatoms. The zero-order chi connectivity index (χ0) is 23.3. The molecule has 0 saturated heterocycles. The van der Waals surface area contributed by atoms with Crippen LogP contribution in [0.2, 0.25) is 0 Å². The molecule has 1 heterocycles. The fourth-order valence-electron chi connectivity index (χ4n) is 3.16. The predicted octanol–water partition coefficient (Wildman–Crippen LogP) is 4.68. The molecule has 1 aromatic heterocycles. The summed E-state index contributed by atoms with van der Waals surface area (Å²) in [5.41, 5.74) is 0.539. The van der Waals surface area contributed by atoms with Gasteiger partial charge in [0.2, 0.25) is 0 Å². The largest absolute Gasteiger partial charge is 0.493 e. The van der Waals surface area contributed by atoms with Crippen LogP contribution in [0, 0.1) is 11.7 Å². The zero-order valence-electron chi connectivity index (χ0n) is 18.4. The molecule has 0 aliphatic rings. The molecule has 0 aliphatic heterocycles. The Hall–Kier alpha value is -3.68. The lowest BCUT2D eigenvalue weighted by molar-refractivity contribution is 0.0549. The molecule has 0 atom stereocenters. The van der Waals surface area contributed by atoms with Gasteiger partial charge < -0.3 is 14.2 Å². The molecule has 0 aliphatic carbocycles. The van der Waals surface area contributed by atoms with Gasteiger partial charge >= 0.3 is 11.9 Å². The van der Waals surface area contributed by atoms with Crippen molar-refractivity contribution in [1.82, 2.24) is 9.78 Å². The van der Waals surface area contributed by atoms with Crippen molar-refractivity contribution in [3.63, 3.8) is 0 Å². The zero-order valence-corrected chi connectivity index (χ0v) is 18.4. The maximum absolute atomic E-state index is 14.3. The SMILES string of the molecule is COC(=O)c1c(-c2cc(F)ccc2OCCC(C)C)nn(-c2ccccc2)c1C(=O)OC. The number of hydrogen-bond acceptors (Lipinski definition) is 6. The maximum atomic E-state index is 14.3. The molecule has 0 bridgehead atoms. The first-order valence-corrected chi connectivity index (χ1v) is 10.1. The first kappa shape index (κ1) is 23.0. The number of methoxy groups -OCH3 is 2. The topological polar surface area (TPSA) is 79.7 Å². The van der Waals surface area contributed by atoms with E-state index in [1.165, 1.54) is 37.1 Å². The fraction of sp³-hybridized carbons (Fsp3) is 0.292. The number of nitrogens with zero attached hydrogens (tertiary/aromatic N) is 2. The molecule has 0 unspecified atom stereocenters. The van der Waals surface area contributed by atoms with E-state index in [0.29, 0.717) is 24.0 Å². The molecular weight excluding hydrogens is 415 g/mol. The number of rotatable bonds is 8. The Morgan fingerprint density at radius 3 is 2.34 bits per heavy atom. The molecular formula is C24H25FN2O5. The number of carbonyl (C=O) groups excluding carboxylic acids is 2. The molecule has 0 radical (unpaired) electrons. The Morgan fingerprint density at radius 1 is 1.03 bits per heavy atom. The van der Waals surface area contributed by atoms with Gasteiger partial charge in [-0.25, -0.2) is 18.7 Å². The van der Waals surface area contributed by atoms with Crippen molar-refractivity contribution in [3.05, 3.63) is 65.6 Å². The van der Waals surface area contributed by atoms with Crippen LogP contribution in [-0.4, -0.2) is 42.5 Å². The third kappa shape index (κ3) is 4.80. The third-order valence-electron chi connectivity index (χ3n) is 4.80. The Bertz CT molecular complexity index is 1110. The fourth-order valence-corrected chi connectivity index (χ4v) is 3.16. The van der Waals surface area contributed by atoms with Crippen molar-refractivity contribution < 1.29 is 28.2 Å².